The molecule has 16 heavy (non-hydrogen) atoms. The van der Waals surface area contributed by atoms with Crippen LogP contribution < -0.4 is 5.32 Å². The highest BCUT2D eigenvalue weighted by atomic mass is 16.1. The van der Waals surface area contributed by atoms with Gasteiger partial charge in [0, 0.05) is 25.9 Å². The fourth-order valence-corrected chi connectivity index (χ4v) is 1.40. The van der Waals surface area contributed by atoms with Crippen molar-refractivity contribution in [3.8, 4) is 11.4 Å². The van der Waals surface area contributed by atoms with Gasteiger partial charge in [0.2, 0.25) is 0 Å². The summed E-state index contributed by atoms with van der Waals surface area (Å²) in [5.74, 6) is 1.69. The van der Waals surface area contributed by atoms with Crippen LogP contribution in [0.4, 0.5) is 5.82 Å². The Morgan fingerprint density at radius 1 is 1.44 bits per heavy atom. The van der Waals surface area contributed by atoms with E-state index in [0.717, 1.165) is 11.4 Å². The Morgan fingerprint density at radius 3 is 2.88 bits per heavy atom. The van der Waals surface area contributed by atoms with Crippen molar-refractivity contribution in [1.29, 1.82) is 0 Å². The monoisotopic (exact) mass is 217 g/mol. The first-order valence-corrected chi connectivity index (χ1v) is 4.75. The van der Waals surface area contributed by atoms with Crippen molar-refractivity contribution in [2.45, 2.75) is 0 Å². The Labute approximate surface area is 92.3 Å². The van der Waals surface area contributed by atoms with Gasteiger partial charge in [-0.15, -0.1) is 10.2 Å². The maximum absolute atomic E-state index is 10.6. The maximum Gasteiger partial charge on any atom is 0.196 e. The maximum atomic E-state index is 10.6. The third kappa shape index (κ3) is 1.65. The van der Waals surface area contributed by atoms with Crippen LogP contribution in [0.3, 0.4) is 0 Å². The van der Waals surface area contributed by atoms with Crippen LogP contribution in [0, 0.1) is 0 Å². The minimum absolute atomic E-state index is 0.304. The number of hydrogen-bond donors (Lipinski definition) is 1. The van der Waals surface area contributed by atoms with E-state index < -0.39 is 0 Å². The van der Waals surface area contributed by atoms with Crippen LogP contribution in [0.15, 0.2) is 18.3 Å². The third-order valence-corrected chi connectivity index (χ3v) is 2.29. The zero-order chi connectivity index (χ0) is 11.5. The number of nitrogens with zero attached hydrogens (tertiary/aromatic N) is 4. The molecule has 2 heterocycles. The van der Waals surface area contributed by atoms with Gasteiger partial charge in [0.15, 0.2) is 17.9 Å². The normalized spacial score (nSPS) is 10.1. The number of hydrogen-bond acceptors (Lipinski definition) is 5. The number of pyridine rings is 1. The van der Waals surface area contributed by atoms with Gasteiger partial charge in [0.25, 0.3) is 0 Å². The molecule has 2 aromatic heterocycles. The lowest BCUT2D eigenvalue weighted by atomic mass is 10.2. The highest BCUT2D eigenvalue weighted by Gasteiger charge is 2.10. The molecule has 2 rings (SSSR count). The van der Waals surface area contributed by atoms with Crippen molar-refractivity contribution in [2.75, 3.05) is 12.4 Å². The lowest BCUT2D eigenvalue weighted by molar-refractivity contribution is 0.111. The molecular weight excluding hydrogens is 206 g/mol. The van der Waals surface area contributed by atoms with Crippen LogP contribution in [0.5, 0.6) is 0 Å². The summed E-state index contributed by atoms with van der Waals surface area (Å²) in [6.07, 6.45) is 2.35. The van der Waals surface area contributed by atoms with Crippen LogP contribution >= 0.6 is 0 Å². The molecule has 2 aromatic rings. The molecule has 0 saturated heterocycles. The van der Waals surface area contributed by atoms with E-state index in [9.17, 15) is 4.79 Å². The van der Waals surface area contributed by atoms with Crippen molar-refractivity contribution in [3.63, 3.8) is 0 Å². The SMILES string of the molecule is CNc1cc(-c2nnc(C=O)n2C)ccn1. The summed E-state index contributed by atoms with van der Waals surface area (Å²) in [5.41, 5.74) is 0.863. The van der Waals surface area contributed by atoms with Crippen molar-refractivity contribution in [3.05, 3.63) is 24.2 Å². The largest absolute Gasteiger partial charge is 0.373 e. The molecule has 0 atom stereocenters. The first kappa shape index (κ1) is 10.3. The number of carbonyl (C=O) groups is 1. The number of aldehydes is 1. The molecule has 0 aromatic carbocycles. The smallest absolute Gasteiger partial charge is 0.196 e. The molecule has 0 aliphatic carbocycles. The summed E-state index contributed by atoms with van der Waals surface area (Å²) >= 11 is 0. The molecule has 0 bridgehead atoms. The summed E-state index contributed by atoms with van der Waals surface area (Å²) < 4.78 is 1.64. The van der Waals surface area contributed by atoms with Crippen molar-refractivity contribution in [2.24, 2.45) is 7.05 Å². The van der Waals surface area contributed by atoms with E-state index >= 15 is 0 Å². The van der Waals surface area contributed by atoms with E-state index in [1.165, 1.54) is 0 Å². The van der Waals surface area contributed by atoms with Gasteiger partial charge in [-0.3, -0.25) is 4.79 Å². The molecule has 0 aliphatic rings. The second-order valence-electron chi connectivity index (χ2n) is 3.24. The average molecular weight is 217 g/mol. The Bertz CT molecular complexity index is 520. The van der Waals surface area contributed by atoms with Crippen molar-refractivity contribution in [1.82, 2.24) is 19.7 Å². The van der Waals surface area contributed by atoms with E-state index in [-0.39, 0.29) is 0 Å². The Hall–Kier alpha value is -2.24. The van der Waals surface area contributed by atoms with Gasteiger partial charge < -0.3 is 9.88 Å². The van der Waals surface area contributed by atoms with E-state index in [0.29, 0.717) is 17.9 Å². The minimum atomic E-state index is 0.304. The van der Waals surface area contributed by atoms with E-state index in [1.54, 1.807) is 24.9 Å². The first-order chi connectivity index (χ1) is 7.76. The Kier molecular flexibility index (Phi) is 2.63. The predicted molar refractivity (Wildman–Crippen MR) is 59.2 cm³/mol. The zero-order valence-electron chi connectivity index (χ0n) is 9.01. The van der Waals surface area contributed by atoms with Gasteiger partial charge >= 0.3 is 0 Å². The van der Waals surface area contributed by atoms with E-state index in [4.69, 9.17) is 0 Å². The molecular formula is C10H11N5O. The molecule has 0 spiro atoms. The van der Waals surface area contributed by atoms with Gasteiger partial charge in [-0.25, -0.2) is 4.98 Å². The van der Waals surface area contributed by atoms with E-state index in [1.807, 2.05) is 12.1 Å². The molecule has 82 valence electrons. The Morgan fingerprint density at radius 2 is 2.25 bits per heavy atom. The summed E-state index contributed by atoms with van der Waals surface area (Å²) in [7, 11) is 3.54. The number of aromatic nitrogens is 4. The fraction of sp³-hybridized carbons (Fsp3) is 0.200. The topological polar surface area (TPSA) is 72.7 Å². The molecule has 0 amide bonds. The predicted octanol–water partition coefficient (Wildman–Crippen LogP) is 0.731. The summed E-state index contributed by atoms with van der Waals surface area (Å²) in [4.78, 5) is 14.7. The van der Waals surface area contributed by atoms with Crippen LogP contribution in [0.25, 0.3) is 11.4 Å². The van der Waals surface area contributed by atoms with Gasteiger partial charge in [0.05, 0.1) is 0 Å². The number of nitrogens with one attached hydrogen (secondary N) is 1. The fourth-order valence-electron chi connectivity index (χ4n) is 1.40. The zero-order valence-corrected chi connectivity index (χ0v) is 9.01. The van der Waals surface area contributed by atoms with Crippen LogP contribution in [-0.4, -0.2) is 33.1 Å². The average Bonchev–Trinajstić information content (AvgIpc) is 2.70. The Balaban J connectivity index is 2.49. The standard InChI is InChI=1S/C10H11N5O/c1-11-8-5-7(3-4-12-8)10-14-13-9(6-16)15(10)2/h3-6H,1-2H3,(H,11,12). The van der Waals surface area contributed by atoms with Crippen LogP contribution in [-0.2, 0) is 7.05 Å². The van der Waals surface area contributed by atoms with Gasteiger partial charge in [-0.1, -0.05) is 0 Å². The lowest BCUT2D eigenvalue weighted by Crippen LogP contribution is -1.99. The quantitative estimate of drug-likeness (QED) is 0.767. The second-order valence-corrected chi connectivity index (χ2v) is 3.24. The van der Waals surface area contributed by atoms with Gasteiger partial charge in [0.1, 0.15) is 5.82 Å². The molecule has 0 aliphatic heterocycles. The summed E-state index contributed by atoms with van der Waals surface area (Å²) in [5, 5.41) is 10.7. The minimum Gasteiger partial charge on any atom is -0.373 e. The second kappa shape index (κ2) is 4.09. The van der Waals surface area contributed by atoms with Crippen molar-refractivity contribution < 1.29 is 4.79 Å². The number of rotatable bonds is 3. The molecule has 0 fully saturated rings. The van der Waals surface area contributed by atoms with Crippen LogP contribution in [0.1, 0.15) is 10.6 Å². The summed E-state index contributed by atoms with van der Waals surface area (Å²) in [6.45, 7) is 0. The van der Waals surface area contributed by atoms with Crippen LogP contribution in [0.2, 0.25) is 0 Å². The van der Waals surface area contributed by atoms with Gasteiger partial charge in [-0.2, -0.15) is 0 Å². The molecule has 0 radical (unpaired) electrons. The molecule has 0 saturated carbocycles. The molecule has 6 nitrogen and oxygen atoms in total. The summed E-state index contributed by atoms with van der Waals surface area (Å²) in [6, 6.07) is 3.66. The molecule has 0 unspecified atom stereocenters. The third-order valence-electron chi connectivity index (χ3n) is 2.29. The number of carbonyl (C=O) groups excluding carboxylic acids is 1. The molecule has 1 N–H and O–H groups in total. The lowest BCUT2D eigenvalue weighted by Gasteiger charge is -2.03. The molecule has 6 heteroatoms. The van der Waals surface area contributed by atoms with E-state index in [2.05, 4.69) is 20.5 Å². The highest BCUT2D eigenvalue weighted by molar-refractivity contribution is 5.71. The van der Waals surface area contributed by atoms with Crippen molar-refractivity contribution >= 4 is 12.1 Å². The number of anilines is 1. The van der Waals surface area contributed by atoms with Gasteiger partial charge in [-0.05, 0) is 12.1 Å². The first-order valence-electron chi connectivity index (χ1n) is 4.75. The highest BCUT2D eigenvalue weighted by Crippen LogP contribution is 2.18.